The average molecular weight is 1070 g/mol. The van der Waals surface area contributed by atoms with Gasteiger partial charge < -0.3 is 25.0 Å². The number of aromatic nitrogens is 1. The predicted octanol–water partition coefficient (Wildman–Crippen LogP) is 10.7. The molecule has 6 heterocycles. The Bertz CT molecular complexity index is 2800. The second-order valence-corrected chi connectivity index (χ2v) is 24.3. The lowest BCUT2D eigenvalue weighted by Gasteiger charge is -2.57. The molecule has 76 heavy (non-hydrogen) atoms. The Kier molecular flexibility index (Phi) is 15.9. The summed E-state index contributed by atoms with van der Waals surface area (Å²) in [7, 11) is 6.39. The first-order chi connectivity index (χ1) is 36.9. The molecule has 1 aromatic heterocycles. The van der Waals surface area contributed by atoms with Crippen molar-refractivity contribution in [2.75, 3.05) is 60.7 Å². The van der Waals surface area contributed by atoms with E-state index < -0.39 is 10.8 Å². The highest BCUT2D eigenvalue weighted by atomic mass is 35.5. The second kappa shape index (κ2) is 22.5. The van der Waals surface area contributed by atoms with Gasteiger partial charge in [0.25, 0.3) is 0 Å². The van der Waals surface area contributed by atoms with E-state index in [1.165, 1.54) is 16.7 Å². The highest BCUT2D eigenvalue weighted by Gasteiger charge is 2.77. The fraction of sp³-hybridized carbons (Fsp3) is 0.524. The SMILES string of the molecule is CCC12C(=O)C34C5C[C@H](Cc6ccc(Cl)cc6)N(C)C3[C@@H](COC)NC4[C@H](C)N(Cc3ccc(Cl)cc3Oc3ccc(-c4cncc(C6CCN(CCF)CC6)c4)cc3)C1C[C@@H](Cc1ccccc1)C2N(C)[C@@H](C)CN5. The minimum Gasteiger partial charge on any atom is -0.457 e. The van der Waals surface area contributed by atoms with Crippen LogP contribution >= 0.6 is 23.2 Å². The number of carbonyl (C=O) groups is 1. The lowest BCUT2D eigenvalue weighted by atomic mass is 9.54. The molecule has 2 bridgehead atoms. The Balaban J connectivity index is 0.976. The first-order valence-electron chi connectivity index (χ1n) is 28.2. The van der Waals surface area contributed by atoms with Crippen molar-refractivity contribution in [2.45, 2.75) is 133 Å². The fourth-order valence-electron chi connectivity index (χ4n) is 16.0. The fourth-order valence-corrected chi connectivity index (χ4v) is 16.3. The molecule has 5 aromatic rings. The minimum atomic E-state index is -0.786. The smallest absolute Gasteiger partial charge is 0.153 e. The minimum absolute atomic E-state index is 0.0106. The van der Waals surface area contributed by atoms with Gasteiger partial charge in [0.15, 0.2) is 5.78 Å². The van der Waals surface area contributed by atoms with Crippen LogP contribution in [-0.4, -0.2) is 145 Å². The van der Waals surface area contributed by atoms with E-state index in [0.717, 1.165) is 86.3 Å². The molecule has 5 aliphatic heterocycles. The number of nitrogens with one attached hydrogen (secondary N) is 2. The lowest BCUT2D eigenvalue weighted by Crippen LogP contribution is -2.73. The number of piperidine rings is 2. The lowest BCUT2D eigenvalue weighted by molar-refractivity contribution is -0.154. The number of carbonyl (C=O) groups excluding carboxylic acids is 1. The van der Waals surface area contributed by atoms with Crippen molar-refractivity contribution in [2.24, 2.45) is 16.7 Å². The number of Topliss-reactive ketones (excluding diaryl/α,β-unsaturated/α-hetero) is 1. The summed E-state index contributed by atoms with van der Waals surface area (Å²) in [6.45, 7) is 11.0. The van der Waals surface area contributed by atoms with Crippen LogP contribution in [0.25, 0.3) is 11.1 Å². The molecule has 10 nitrogen and oxygen atoms in total. The van der Waals surface area contributed by atoms with Crippen LogP contribution in [0.1, 0.15) is 81.0 Å². The number of pyridine rings is 1. The molecule has 1 saturated carbocycles. The number of nitrogens with zero attached hydrogens (tertiary/aromatic N) is 5. The Morgan fingerprint density at radius 2 is 1.57 bits per heavy atom. The largest absolute Gasteiger partial charge is 0.457 e. The number of ether oxygens (including phenoxy) is 2. The van der Waals surface area contributed by atoms with Crippen LogP contribution in [0.15, 0.2) is 116 Å². The van der Waals surface area contributed by atoms with Crippen molar-refractivity contribution in [3.05, 3.63) is 148 Å². The first kappa shape index (κ1) is 53.7. The number of halogens is 3. The molecule has 12 atom stereocenters. The van der Waals surface area contributed by atoms with E-state index in [1.54, 1.807) is 7.11 Å². The summed E-state index contributed by atoms with van der Waals surface area (Å²) >= 11 is 13.3. The van der Waals surface area contributed by atoms with Crippen LogP contribution in [0.5, 0.6) is 11.5 Å². The third-order valence-electron chi connectivity index (χ3n) is 19.7. The van der Waals surface area contributed by atoms with Crippen LogP contribution in [0.3, 0.4) is 0 Å². The van der Waals surface area contributed by atoms with Crippen LogP contribution in [0, 0.1) is 16.7 Å². The summed E-state index contributed by atoms with van der Waals surface area (Å²) in [5, 5.41) is 9.82. The van der Waals surface area contributed by atoms with E-state index in [-0.39, 0.29) is 67.0 Å². The Morgan fingerprint density at radius 3 is 2.29 bits per heavy atom. The van der Waals surface area contributed by atoms with Gasteiger partial charge in [-0.2, -0.15) is 0 Å². The molecule has 6 aliphatic rings. The van der Waals surface area contributed by atoms with E-state index in [0.29, 0.717) is 47.9 Å². The third kappa shape index (κ3) is 9.65. The van der Waals surface area contributed by atoms with E-state index >= 15 is 4.79 Å². The highest BCUT2D eigenvalue weighted by molar-refractivity contribution is 6.31. The second-order valence-electron chi connectivity index (χ2n) is 23.4. The van der Waals surface area contributed by atoms with Gasteiger partial charge in [-0.25, -0.2) is 4.39 Å². The summed E-state index contributed by atoms with van der Waals surface area (Å²) in [5.41, 5.74) is 5.45. The molecule has 1 spiro atoms. The van der Waals surface area contributed by atoms with Crippen molar-refractivity contribution < 1.29 is 18.7 Å². The molecular formula is C63H78Cl2FN7O3. The molecule has 5 saturated heterocycles. The van der Waals surface area contributed by atoms with Crippen molar-refractivity contribution >= 4 is 29.0 Å². The third-order valence-corrected chi connectivity index (χ3v) is 20.1. The molecule has 1 aliphatic carbocycles. The van der Waals surface area contributed by atoms with Gasteiger partial charge in [-0.1, -0.05) is 90.8 Å². The maximum Gasteiger partial charge on any atom is 0.153 e. The molecule has 11 rings (SSSR count). The van der Waals surface area contributed by atoms with Crippen LogP contribution < -0.4 is 15.4 Å². The number of methoxy groups -OCH3 is 1. The van der Waals surface area contributed by atoms with Crippen molar-refractivity contribution in [3.8, 4) is 22.6 Å². The van der Waals surface area contributed by atoms with E-state index in [4.69, 9.17) is 32.7 Å². The molecule has 404 valence electrons. The Morgan fingerprint density at radius 1 is 0.829 bits per heavy atom. The monoisotopic (exact) mass is 1070 g/mol. The first-order valence-corrected chi connectivity index (χ1v) is 28.9. The molecule has 2 N–H and O–H groups in total. The standard InChI is InChI=1S/C63H78Cl2FN7O3/c1-7-62-57-32-47(29-42-11-9-8-10-12-42)59(62)70(4)40(2)35-68-56-34-52(30-43-13-18-50(64)19-14-43)71(5)60-54(39-75-6)69-58(63(56,60)61(62)74)41(3)73(57)38-46-15-20-51(65)33-55(46)76-53-21-16-44(17-22-53)48-31-49(37-67-36-48)45-23-26-72(27-24-45)28-25-66/h8-22,31,33,36-37,40-41,45,47,52,54,56-60,68-69H,7,23-30,32,34-35,38-39H2,1-6H3/t40-,41-,47+,52-,54+,56?,57?,58?,59?,60?,62?,63?/m0/s1. The van der Waals surface area contributed by atoms with Crippen LogP contribution in [0.4, 0.5) is 4.39 Å². The maximum absolute atomic E-state index is 17.5. The van der Waals surface area contributed by atoms with E-state index in [1.807, 2.05) is 48.8 Å². The maximum atomic E-state index is 17.5. The number of alkyl halides is 1. The zero-order valence-electron chi connectivity index (χ0n) is 45.3. The molecule has 0 radical (unpaired) electrons. The summed E-state index contributed by atoms with van der Waals surface area (Å²) in [5.74, 6) is 2.48. The van der Waals surface area contributed by atoms with Crippen LogP contribution in [0.2, 0.25) is 10.0 Å². The molecule has 13 heteroatoms. The molecule has 0 amide bonds. The number of likely N-dealkylation sites (N-methyl/N-ethyl adjacent to an activating group) is 2. The number of hydrogen-bond donors (Lipinski definition) is 2. The summed E-state index contributed by atoms with van der Waals surface area (Å²) in [4.78, 5) is 32.3. The molecule has 7 unspecified atom stereocenters. The Labute approximate surface area is 461 Å². The number of rotatable bonds is 15. The molecular weight excluding hydrogens is 993 g/mol. The highest BCUT2D eigenvalue weighted by Crippen LogP contribution is 2.63. The zero-order chi connectivity index (χ0) is 52.9. The van der Waals surface area contributed by atoms with Crippen molar-refractivity contribution in [1.29, 1.82) is 0 Å². The average Bonchev–Trinajstić information content (AvgIpc) is 4.12. The number of benzene rings is 4. The van der Waals surface area contributed by atoms with Crippen molar-refractivity contribution in [1.82, 2.24) is 35.2 Å². The molecule has 6 fully saturated rings. The van der Waals surface area contributed by atoms with Gasteiger partial charge in [-0.05, 0) is 163 Å². The van der Waals surface area contributed by atoms with Gasteiger partial charge in [0, 0.05) is 115 Å². The van der Waals surface area contributed by atoms with E-state index in [2.05, 4.69) is 137 Å². The topological polar surface area (TPSA) is 85.4 Å². The number of hydrogen-bond acceptors (Lipinski definition) is 10. The van der Waals surface area contributed by atoms with Gasteiger partial charge in [-0.15, -0.1) is 0 Å². The van der Waals surface area contributed by atoms with Gasteiger partial charge >= 0.3 is 0 Å². The number of likely N-dealkylation sites (tertiary alicyclic amines) is 3. The van der Waals surface area contributed by atoms with Crippen LogP contribution in [-0.2, 0) is 28.9 Å². The van der Waals surface area contributed by atoms with Gasteiger partial charge in [-0.3, -0.25) is 24.5 Å². The predicted molar refractivity (Wildman–Crippen MR) is 303 cm³/mol. The van der Waals surface area contributed by atoms with Gasteiger partial charge in [0.1, 0.15) is 18.2 Å². The number of ketones is 1. The van der Waals surface area contributed by atoms with Gasteiger partial charge in [0.2, 0.25) is 0 Å². The zero-order valence-corrected chi connectivity index (χ0v) is 46.8. The molecule has 4 aromatic carbocycles. The quantitative estimate of drug-likeness (QED) is 0.106. The van der Waals surface area contributed by atoms with Crippen molar-refractivity contribution in [3.63, 3.8) is 0 Å². The summed E-state index contributed by atoms with van der Waals surface area (Å²) in [6, 6.07) is 35.6. The normalized spacial score (nSPS) is 32.4. The summed E-state index contributed by atoms with van der Waals surface area (Å²) < 4.78 is 26.2. The van der Waals surface area contributed by atoms with E-state index in [9.17, 15) is 4.39 Å². The Hall–Kier alpha value is -4.27. The summed E-state index contributed by atoms with van der Waals surface area (Å²) in [6.07, 6.45) is 10.1. The van der Waals surface area contributed by atoms with Gasteiger partial charge in [0.05, 0.1) is 17.4 Å².